The Morgan fingerprint density at radius 3 is 2.73 bits per heavy atom. The number of pyridine rings is 1. The van der Waals surface area contributed by atoms with E-state index in [9.17, 15) is 9.90 Å². The first kappa shape index (κ1) is 18.4. The van der Waals surface area contributed by atoms with Crippen molar-refractivity contribution in [1.82, 2.24) is 14.8 Å². The Kier molecular flexibility index (Phi) is 5.29. The van der Waals surface area contributed by atoms with Crippen molar-refractivity contribution >= 4 is 34.7 Å². The van der Waals surface area contributed by atoms with Crippen LogP contribution in [0.3, 0.4) is 0 Å². The number of nitrogens with one attached hydrogen (secondary N) is 1. The maximum absolute atomic E-state index is 11.3. The summed E-state index contributed by atoms with van der Waals surface area (Å²) in [5.41, 5.74) is 2.05. The molecule has 1 amide bonds. The Balaban J connectivity index is 2.14. The van der Waals surface area contributed by atoms with Gasteiger partial charge < -0.3 is 10.4 Å². The summed E-state index contributed by atoms with van der Waals surface area (Å²) in [4.78, 5) is 16.3. The molecule has 0 saturated heterocycles. The third-order valence-electron chi connectivity index (χ3n) is 3.63. The molecule has 0 radical (unpaired) electrons. The molecule has 3 rings (SSSR count). The van der Waals surface area contributed by atoms with E-state index in [-0.39, 0.29) is 17.5 Å². The number of carbonyl (C=O) groups excluding carboxylic acids is 1. The van der Waals surface area contributed by atoms with Crippen LogP contribution in [0.1, 0.15) is 20.8 Å². The number of thiophene rings is 1. The van der Waals surface area contributed by atoms with Crippen LogP contribution in [0.15, 0.2) is 30.6 Å². The smallest absolute Gasteiger partial charge is 0.222 e. The molecular weight excluding hydrogens is 372 g/mol. The number of hydrogen-bond acceptors (Lipinski definition) is 5. The summed E-state index contributed by atoms with van der Waals surface area (Å²) in [5.74, 6) is 0.159. The average molecular weight is 391 g/mol. The summed E-state index contributed by atoms with van der Waals surface area (Å²) in [6.07, 6.45) is 3.45. The second-order valence-corrected chi connectivity index (χ2v) is 8.06. The average Bonchev–Trinajstić information content (AvgIpc) is 3.14. The van der Waals surface area contributed by atoms with Gasteiger partial charge in [0.25, 0.3) is 0 Å². The Morgan fingerprint density at radius 1 is 1.35 bits per heavy atom. The van der Waals surface area contributed by atoms with Gasteiger partial charge >= 0.3 is 0 Å². The van der Waals surface area contributed by atoms with Crippen molar-refractivity contribution in [2.45, 2.75) is 27.3 Å². The van der Waals surface area contributed by atoms with E-state index in [1.807, 2.05) is 23.0 Å². The van der Waals surface area contributed by atoms with Gasteiger partial charge in [-0.2, -0.15) is 5.10 Å². The Morgan fingerprint density at radius 2 is 2.12 bits per heavy atom. The largest absolute Gasteiger partial charge is 0.504 e. The first-order valence-electron chi connectivity index (χ1n) is 8.14. The van der Waals surface area contributed by atoms with Gasteiger partial charge in [-0.15, -0.1) is 11.3 Å². The Hall–Kier alpha value is -2.38. The third-order valence-corrected chi connectivity index (χ3v) is 4.87. The molecule has 0 aliphatic rings. The van der Waals surface area contributed by atoms with Crippen LogP contribution < -0.4 is 5.32 Å². The fourth-order valence-electron chi connectivity index (χ4n) is 2.64. The fourth-order valence-corrected chi connectivity index (χ4v) is 3.68. The molecule has 0 aromatic carbocycles. The summed E-state index contributed by atoms with van der Waals surface area (Å²) >= 11 is 7.52. The lowest BCUT2D eigenvalue weighted by molar-refractivity contribution is -0.114. The van der Waals surface area contributed by atoms with E-state index in [2.05, 4.69) is 24.1 Å². The summed E-state index contributed by atoms with van der Waals surface area (Å²) in [6, 6.07) is 5.43. The van der Waals surface area contributed by atoms with Crippen LogP contribution in [0.25, 0.3) is 21.7 Å². The molecule has 0 aliphatic carbocycles. The van der Waals surface area contributed by atoms with Crippen molar-refractivity contribution in [2.75, 3.05) is 5.32 Å². The molecule has 0 atom stereocenters. The second kappa shape index (κ2) is 7.47. The topological polar surface area (TPSA) is 80.0 Å². The molecule has 3 aromatic rings. The van der Waals surface area contributed by atoms with Crippen LogP contribution in [-0.4, -0.2) is 25.8 Å². The normalized spacial score (nSPS) is 11.1. The van der Waals surface area contributed by atoms with E-state index in [0.717, 1.165) is 22.7 Å². The van der Waals surface area contributed by atoms with Gasteiger partial charge in [0.05, 0.1) is 9.21 Å². The van der Waals surface area contributed by atoms with Gasteiger partial charge in [-0.25, -0.2) is 4.98 Å². The zero-order chi connectivity index (χ0) is 18.8. The number of anilines is 1. The monoisotopic (exact) mass is 390 g/mol. The quantitative estimate of drug-likeness (QED) is 0.664. The lowest BCUT2D eigenvalue weighted by Crippen LogP contribution is -2.07. The zero-order valence-corrected chi connectivity index (χ0v) is 16.2. The molecule has 26 heavy (non-hydrogen) atoms. The molecule has 0 bridgehead atoms. The van der Waals surface area contributed by atoms with Gasteiger partial charge in [0, 0.05) is 37.0 Å². The SMILES string of the molecule is CC(=O)Nc1nccc(-c2cn(CC(C)C)nc2-c2ccc(Cl)s2)c1O. The van der Waals surface area contributed by atoms with Crippen molar-refractivity contribution in [2.24, 2.45) is 5.92 Å². The van der Waals surface area contributed by atoms with Crippen molar-refractivity contribution < 1.29 is 9.90 Å². The highest BCUT2D eigenvalue weighted by Gasteiger charge is 2.20. The van der Waals surface area contributed by atoms with Crippen LogP contribution in [0.5, 0.6) is 5.75 Å². The third kappa shape index (κ3) is 3.89. The van der Waals surface area contributed by atoms with E-state index in [1.165, 1.54) is 18.3 Å². The van der Waals surface area contributed by atoms with Gasteiger partial charge in [0.1, 0.15) is 5.69 Å². The molecule has 3 aromatic heterocycles. The number of amides is 1. The highest BCUT2D eigenvalue weighted by Crippen LogP contribution is 2.41. The van der Waals surface area contributed by atoms with Crippen molar-refractivity contribution in [1.29, 1.82) is 0 Å². The van der Waals surface area contributed by atoms with E-state index < -0.39 is 0 Å². The zero-order valence-electron chi connectivity index (χ0n) is 14.7. The number of aromatic nitrogens is 3. The van der Waals surface area contributed by atoms with E-state index in [0.29, 0.717) is 15.8 Å². The predicted octanol–water partition coefficient (Wildman–Crippen LogP) is 4.65. The molecule has 0 saturated carbocycles. The van der Waals surface area contributed by atoms with Gasteiger partial charge in [-0.05, 0) is 24.1 Å². The maximum Gasteiger partial charge on any atom is 0.222 e. The predicted molar refractivity (Wildman–Crippen MR) is 105 cm³/mol. The second-order valence-electron chi connectivity index (χ2n) is 6.35. The van der Waals surface area contributed by atoms with E-state index >= 15 is 0 Å². The highest BCUT2D eigenvalue weighted by molar-refractivity contribution is 7.19. The van der Waals surface area contributed by atoms with Crippen LogP contribution >= 0.6 is 22.9 Å². The molecule has 136 valence electrons. The lowest BCUT2D eigenvalue weighted by Gasteiger charge is -2.08. The molecule has 6 nitrogen and oxygen atoms in total. The summed E-state index contributed by atoms with van der Waals surface area (Å²) in [5, 5.41) is 17.9. The number of halogens is 1. The van der Waals surface area contributed by atoms with Crippen molar-refractivity contribution in [3.63, 3.8) is 0 Å². The molecular formula is C18H19ClN4O2S. The molecule has 2 N–H and O–H groups in total. The van der Waals surface area contributed by atoms with E-state index in [1.54, 1.807) is 12.3 Å². The van der Waals surface area contributed by atoms with E-state index in [4.69, 9.17) is 16.7 Å². The minimum atomic E-state index is -0.300. The number of hydrogen-bond donors (Lipinski definition) is 2. The summed E-state index contributed by atoms with van der Waals surface area (Å²) < 4.78 is 2.53. The number of carbonyl (C=O) groups is 1. The van der Waals surface area contributed by atoms with Crippen LogP contribution in [0, 0.1) is 5.92 Å². The first-order chi connectivity index (χ1) is 12.3. The highest BCUT2D eigenvalue weighted by atomic mass is 35.5. The number of nitrogens with zero attached hydrogens (tertiary/aromatic N) is 3. The lowest BCUT2D eigenvalue weighted by atomic mass is 10.1. The molecule has 0 fully saturated rings. The van der Waals surface area contributed by atoms with Crippen LogP contribution in [0.2, 0.25) is 4.34 Å². The van der Waals surface area contributed by atoms with Gasteiger partial charge in [0.15, 0.2) is 11.6 Å². The first-order valence-corrected chi connectivity index (χ1v) is 9.33. The van der Waals surface area contributed by atoms with Crippen molar-refractivity contribution in [3.05, 3.63) is 34.9 Å². The molecule has 0 aliphatic heterocycles. The number of aromatic hydroxyl groups is 1. The van der Waals surface area contributed by atoms with Gasteiger partial charge in [0.2, 0.25) is 5.91 Å². The fraction of sp³-hybridized carbons (Fsp3) is 0.278. The Labute approximate surface area is 160 Å². The van der Waals surface area contributed by atoms with Gasteiger partial charge in [-0.3, -0.25) is 9.48 Å². The van der Waals surface area contributed by atoms with Crippen LogP contribution in [0.4, 0.5) is 5.82 Å². The van der Waals surface area contributed by atoms with Crippen molar-refractivity contribution in [3.8, 4) is 27.4 Å². The summed E-state index contributed by atoms with van der Waals surface area (Å²) in [6.45, 7) is 6.34. The molecule has 8 heteroatoms. The summed E-state index contributed by atoms with van der Waals surface area (Å²) in [7, 11) is 0. The maximum atomic E-state index is 11.3. The molecule has 3 heterocycles. The molecule has 0 unspecified atom stereocenters. The molecule has 0 spiro atoms. The minimum Gasteiger partial charge on any atom is -0.504 e. The van der Waals surface area contributed by atoms with Crippen LogP contribution in [-0.2, 0) is 11.3 Å². The minimum absolute atomic E-state index is 0.0873. The standard InChI is InChI=1S/C18H19ClN4O2S/c1-10(2)8-23-9-13(16(22-23)14-4-5-15(19)26-14)12-6-7-20-18(17(12)25)21-11(3)24/h4-7,9-10,25H,8H2,1-3H3,(H,20,21,24). The Bertz CT molecular complexity index is 949. The number of rotatable bonds is 5. The van der Waals surface area contributed by atoms with Gasteiger partial charge in [-0.1, -0.05) is 25.4 Å².